The van der Waals surface area contributed by atoms with Gasteiger partial charge in [0, 0.05) is 23.7 Å². The highest BCUT2D eigenvalue weighted by molar-refractivity contribution is 6.31. The molecule has 20 heavy (non-hydrogen) atoms. The molecule has 0 amide bonds. The molecular weight excluding hydrogens is 278 g/mol. The van der Waals surface area contributed by atoms with Crippen molar-refractivity contribution in [2.75, 3.05) is 27.9 Å². The van der Waals surface area contributed by atoms with E-state index in [0.29, 0.717) is 22.6 Å². The maximum atomic E-state index is 6.38. The highest BCUT2D eigenvalue weighted by Crippen LogP contribution is 2.37. The molecule has 4 nitrogen and oxygen atoms in total. The lowest BCUT2D eigenvalue weighted by Gasteiger charge is -2.22. The van der Waals surface area contributed by atoms with Gasteiger partial charge in [-0.1, -0.05) is 11.6 Å². The van der Waals surface area contributed by atoms with E-state index in [2.05, 4.69) is 5.32 Å². The van der Waals surface area contributed by atoms with Crippen LogP contribution in [0.1, 0.15) is 30.9 Å². The number of hydrogen-bond donors (Lipinski definition) is 1. The number of benzene rings is 1. The van der Waals surface area contributed by atoms with Gasteiger partial charge in [-0.05, 0) is 37.9 Å². The van der Waals surface area contributed by atoms with E-state index in [0.717, 1.165) is 31.4 Å². The number of nitrogens with one attached hydrogen (secondary N) is 1. The summed E-state index contributed by atoms with van der Waals surface area (Å²) in [6, 6.07) is 3.89. The average molecular weight is 300 g/mol. The first-order chi connectivity index (χ1) is 9.69. The van der Waals surface area contributed by atoms with E-state index >= 15 is 0 Å². The highest BCUT2D eigenvalue weighted by Gasteiger charge is 2.23. The van der Waals surface area contributed by atoms with Gasteiger partial charge in [-0.2, -0.15) is 0 Å². The molecule has 1 fully saturated rings. The monoisotopic (exact) mass is 299 g/mol. The lowest BCUT2D eigenvalue weighted by Crippen LogP contribution is -2.22. The molecule has 1 aliphatic rings. The van der Waals surface area contributed by atoms with Crippen LogP contribution in [0.2, 0.25) is 5.02 Å². The molecule has 0 radical (unpaired) electrons. The minimum Gasteiger partial charge on any atom is -0.493 e. The fourth-order valence-electron chi connectivity index (χ4n) is 2.63. The second-order valence-corrected chi connectivity index (χ2v) is 5.35. The summed E-state index contributed by atoms with van der Waals surface area (Å²) in [5.74, 6) is 1.34. The van der Waals surface area contributed by atoms with Gasteiger partial charge in [-0.25, -0.2) is 0 Å². The predicted molar refractivity (Wildman–Crippen MR) is 79.9 cm³/mol. The smallest absolute Gasteiger partial charge is 0.162 e. The molecule has 2 unspecified atom stereocenters. The molecule has 0 aromatic heterocycles. The SMILES string of the molecule is CNC(CC1CCCO1)c1cc(OC)c(OC)cc1Cl. The van der Waals surface area contributed by atoms with Gasteiger partial charge in [0.25, 0.3) is 0 Å². The number of ether oxygens (including phenoxy) is 3. The molecule has 1 N–H and O–H groups in total. The van der Waals surface area contributed by atoms with Gasteiger partial charge in [0.05, 0.1) is 20.3 Å². The largest absolute Gasteiger partial charge is 0.493 e. The van der Waals surface area contributed by atoms with Gasteiger partial charge in [-0.3, -0.25) is 0 Å². The minimum absolute atomic E-state index is 0.144. The lowest BCUT2D eigenvalue weighted by atomic mass is 9.99. The summed E-state index contributed by atoms with van der Waals surface area (Å²) in [4.78, 5) is 0. The van der Waals surface area contributed by atoms with Crippen LogP contribution < -0.4 is 14.8 Å². The number of hydrogen-bond acceptors (Lipinski definition) is 4. The first-order valence-electron chi connectivity index (χ1n) is 6.89. The molecule has 0 aliphatic carbocycles. The number of halogens is 1. The van der Waals surface area contributed by atoms with Crippen LogP contribution in [0.4, 0.5) is 0 Å². The van der Waals surface area contributed by atoms with E-state index in [-0.39, 0.29) is 6.04 Å². The van der Waals surface area contributed by atoms with Crippen LogP contribution in [0.25, 0.3) is 0 Å². The zero-order valence-corrected chi connectivity index (χ0v) is 13.0. The van der Waals surface area contributed by atoms with Crippen LogP contribution in [0.15, 0.2) is 12.1 Å². The van der Waals surface area contributed by atoms with E-state index in [4.69, 9.17) is 25.8 Å². The molecular formula is C15H22ClNO3. The zero-order valence-electron chi connectivity index (χ0n) is 12.2. The van der Waals surface area contributed by atoms with Gasteiger partial charge < -0.3 is 19.5 Å². The fourth-order valence-corrected chi connectivity index (χ4v) is 2.92. The Hall–Kier alpha value is -0.970. The van der Waals surface area contributed by atoms with E-state index in [9.17, 15) is 0 Å². The Kier molecular flexibility index (Phi) is 5.52. The summed E-state index contributed by atoms with van der Waals surface area (Å²) in [6.07, 6.45) is 3.46. The van der Waals surface area contributed by atoms with Gasteiger partial charge in [0.15, 0.2) is 11.5 Å². The van der Waals surface area contributed by atoms with E-state index in [1.807, 2.05) is 13.1 Å². The molecule has 1 heterocycles. The molecule has 1 saturated heterocycles. The topological polar surface area (TPSA) is 39.7 Å². The summed E-state index contributed by atoms with van der Waals surface area (Å²) < 4.78 is 16.3. The van der Waals surface area contributed by atoms with Crippen molar-refractivity contribution < 1.29 is 14.2 Å². The second-order valence-electron chi connectivity index (χ2n) is 4.94. The summed E-state index contributed by atoms with van der Waals surface area (Å²) in [5, 5.41) is 3.99. The summed E-state index contributed by atoms with van der Waals surface area (Å²) in [5.41, 5.74) is 1.02. The van der Waals surface area contributed by atoms with Gasteiger partial charge in [0.2, 0.25) is 0 Å². The Balaban J connectivity index is 2.23. The molecule has 5 heteroatoms. The normalized spacial score (nSPS) is 19.9. The van der Waals surface area contributed by atoms with E-state index < -0.39 is 0 Å². The fraction of sp³-hybridized carbons (Fsp3) is 0.600. The van der Waals surface area contributed by atoms with Gasteiger partial charge >= 0.3 is 0 Å². The third-order valence-electron chi connectivity index (χ3n) is 3.75. The van der Waals surface area contributed by atoms with Crippen LogP contribution >= 0.6 is 11.6 Å². The van der Waals surface area contributed by atoms with Crippen molar-refractivity contribution in [3.05, 3.63) is 22.7 Å². The maximum absolute atomic E-state index is 6.38. The second kappa shape index (κ2) is 7.16. The third kappa shape index (κ3) is 3.37. The summed E-state index contributed by atoms with van der Waals surface area (Å²) >= 11 is 6.38. The first-order valence-corrected chi connectivity index (χ1v) is 7.27. The summed E-state index contributed by atoms with van der Waals surface area (Å²) in [6.45, 7) is 0.862. The molecule has 2 rings (SSSR count). The predicted octanol–water partition coefficient (Wildman–Crippen LogP) is 3.19. The quantitative estimate of drug-likeness (QED) is 0.876. The highest BCUT2D eigenvalue weighted by atomic mass is 35.5. The van der Waals surface area contributed by atoms with E-state index in [1.54, 1.807) is 20.3 Å². The van der Waals surface area contributed by atoms with Crippen LogP contribution in [0, 0.1) is 0 Å². The summed E-state index contributed by atoms with van der Waals surface area (Å²) in [7, 11) is 5.17. The maximum Gasteiger partial charge on any atom is 0.162 e. The third-order valence-corrected chi connectivity index (χ3v) is 4.08. The van der Waals surface area contributed by atoms with Crippen molar-refractivity contribution in [1.82, 2.24) is 5.32 Å². The van der Waals surface area contributed by atoms with E-state index in [1.165, 1.54) is 0 Å². The lowest BCUT2D eigenvalue weighted by molar-refractivity contribution is 0.0954. The van der Waals surface area contributed by atoms with Crippen molar-refractivity contribution in [1.29, 1.82) is 0 Å². The molecule has 112 valence electrons. The molecule has 2 atom stereocenters. The first kappa shape index (κ1) is 15.4. The van der Waals surface area contributed by atoms with Crippen molar-refractivity contribution in [2.45, 2.75) is 31.4 Å². The standard InChI is InChI=1S/C15H22ClNO3/c1-17-13(7-10-5-4-6-20-10)11-8-14(18-2)15(19-3)9-12(11)16/h8-10,13,17H,4-7H2,1-3H3. The number of methoxy groups -OCH3 is 2. The molecule has 0 spiro atoms. The van der Waals surface area contributed by atoms with Gasteiger partial charge in [-0.15, -0.1) is 0 Å². The van der Waals surface area contributed by atoms with Crippen molar-refractivity contribution >= 4 is 11.6 Å². The van der Waals surface area contributed by atoms with Crippen LogP contribution in [-0.2, 0) is 4.74 Å². The zero-order chi connectivity index (χ0) is 14.5. The van der Waals surface area contributed by atoms with Crippen molar-refractivity contribution in [3.8, 4) is 11.5 Å². The Labute approximate surface area is 125 Å². The Bertz CT molecular complexity index is 447. The van der Waals surface area contributed by atoms with Crippen molar-refractivity contribution in [2.24, 2.45) is 0 Å². The molecule has 0 saturated carbocycles. The number of rotatable bonds is 6. The molecule has 1 aromatic rings. The Morgan fingerprint density at radius 3 is 2.60 bits per heavy atom. The Morgan fingerprint density at radius 1 is 1.35 bits per heavy atom. The van der Waals surface area contributed by atoms with Crippen LogP contribution in [0.5, 0.6) is 11.5 Å². The van der Waals surface area contributed by atoms with Crippen molar-refractivity contribution in [3.63, 3.8) is 0 Å². The minimum atomic E-state index is 0.144. The van der Waals surface area contributed by atoms with Crippen LogP contribution in [-0.4, -0.2) is 34.0 Å². The molecule has 1 aliphatic heterocycles. The molecule has 0 bridgehead atoms. The average Bonchev–Trinajstić information content (AvgIpc) is 2.97. The van der Waals surface area contributed by atoms with Gasteiger partial charge in [0.1, 0.15) is 0 Å². The Morgan fingerprint density at radius 2 is 2.05 bits per heavy atom. The molecule has 1 aromatic carbocycles. The van der Waals surface area contributed by atoms with Crippen LogP contribution in [0.3, 0.4) is 0 Å².